The van der Waals surface area contributed by atoms with Crippen LogP contribution < -0.4 is 10.1 Å². The number of aryl methyl sites for hydroxylation is 1. The van der Waals surface area contributed by atoms with Crippen molar-refractivity contribution in [1.29, 1.82) is 0 Å². The topological polar surface area (TPSA) is 58.6 Å². The molecule has 0 spiro atoms. The number of amides is 2. The molecule has 0 saturated carbocycles. The van der Waals surface area contributed by atoms with Crippen LogP contribution in [0.15, 0.2) is 42.5 Å². The molecule has 178 valence electrons. The maximum atomic E-state index is 13.2. The molecule has 2 atom stereocenters. The maximum absolute atomic E-state index is 13.2. The molecule has 2 aromatic carbocycles. The van der Waals surface area contributed by atoms with E-state index in [1.807, 2.05) is 37.8 Å². The van der Waals surface area contributed by atoms with E-state index in [1.165, 1.54) is 11.1 Å². The van der Waals surface area contributed by atoms with Crippen molar-refractivity contribution in [2.75, 3.05) is 6.54 Å². The lowest BCUT2D eigenvalue weighted by atomic mass is 9.87. The van der Waals surface area contributed by atoms with Crippen LogP contribution in [-0.2, 0) is 16.0 Å². The van der Waals surface area contributed by atoms with Crippen molar-refractivity contribution in [2.45, 2.75) is 79.0 Å². The molecule has 2 amide bonds. The van der Waals surface area contributed by atoms with E-state index < -0.39 is 6.10 Å². The van der Waals surface area contributed by atoms with Crippen molar-refractivity contribution in [3.8, 4) is 5.75 Å². The van der Waals surface area contributed by atoms with Gasteiger partial charge in [-0.2, -0.15) is 0 Å². The predicted molar refractivity (Wildman–Crippen MR) is 132 cm³/mol. The van der Waals surface area contributed by atoms with Crippen LogP contribution in [0.3, 0.4) is 0 Å². The second-order valence-electron chi connectivity index (χ2n) is 9.79. The zero-order valence-electron chi connectivity index (χ0n) is 20.9. The Kier molecular flexibility index (Phi) is 8.17. The van der Waals surface area contributed by atoms with Gasteiger partial charge in [0, 0.05) is 19.0 Å². The van der Waals surface area contributed by atoms with Gasteiger partial charge in [0.25, 0.3) is 5.91 Å². The minimum atomic E-state index is -0.550. The summed E-state index contributed by atoms with van der Waals surface area (Å²) in [5, 5.41) is 2.94. The molecule has 1 N–H and O–H groups in total. The van der Waals surface area contributed by atoms with Gasteiger partial charge in [0.05, 0.1) is 6.04 Å². The van der Waals surface area contributed by atoms with Crippen molar-refractivity contribution < 1.29 is 14.3 Å². The molecule has 1 aliphatic heterocycles. The zero-order valence-corrected chi connectivity index (χ0v) is 20.9. The summed E-state index contributed by atoms with van der Waals surface area (Å²) in [6.45, 7) is 12.8. The molecule has 0 bridgehead atoms. The van der Waals surface area contributed by atoms with Crippen LogP contribution >= 0.6 is 0 Å². The second kappa shape index (κ2) is 10.9. The van der Waals surface area contributed by atoms with Crippen LogP contribution in [0.1, 0.15) is 75.8 Å². The van der Waals surface area contributed by atoms with Crippen molar-refractivity contribution in [3.05, 3.63) is 64.7 Å². The number of nitrogens with zero attached hydrogens (tertiary/aromatic N) is 1. The first kappa shape index (κ1) is 24.8. The molecule has 3 rings (SSSR count). The summed E-state index contributed by atoms with van der Waals surface area (Å²) in [6, 6.07) is 14.4. The van der Waals surface area contributed by atoms with Gasteiger partial charge in [0.15, 0.2) is 6.10 Å². The largest absolute Gasteiger partial charge is 0.481 e. The molecule has 0 radical (unpaired) electrons. The van der Waals surface area contributed by atoms with Gasteiger partial charge < -0.3 is 15.0 Å². The minimum Gasteiger partial charge on any atom is -0.481 e. The lowest BCUT2D eigenvalue weighted by molar-refractivity contribution is -0.134. The minimum absolute atomic E-state index is 0.0603. The number of benzene rings is 2. The number of carbonyl (C=O) groups is 2. The average Bonchev–Trinajstić information content (AvgIpc) is 2.76. The van der Waals surface area contributed by atoms with E-state index in [0.29, 0.717) is 31.1 Å². The lowest BCUT2D eigenvalue weighted by Gasteiger charge is -2.38. The molecule has 5 heteroatoms. The third-order valence-corrected chi connectivity index (χ3v) is 6.01. The van der Waals surface area contributed by atoms with Crippen molar-refractivity contribution in [2.24, 2.45) is 5.92 Å². The summed E-state index contributed by atoms with van der Waals surface area (Å²) < 4.78 is 6.14. The molecular formula is C28H38N2O3. The fraction of sp³-hybridized carbons (Fsp3) is 0.500. The zero-order chi connectivity index (χ0) is 24.1. The number of nitrogens with one attached hydrogen (secondary N) is 1. The van der Waals surface area contributed by atoms with Crippen LogP contribution in [-0.4, -0.2) is 35.4 Å². The molecule has 0 aliphatic carbocycles. The van der Waals surface area contributed by atoms with E-state index >= 15 is 0 Å². The first-order valence-corrected chi connectivity index (χ1v) is 12.2. The third kappa shape index (κ3) is 6.16. The van der Waals surface area contributed by atoms with E-state index in [4.69, 9.17) is 4.74 Å². The molecule has 0 fully saturated rings. The molecule has 2 aromatic rings. The molecule has 33 heavy (non-hydrogen) atoms. The Morgan fingerprint density at radius 3 is 2.39 bits per heavy atom. The second-order valence-corrected chi connectivity index (χ2v) is 9.79. The first-order valence-electron chi connectivity index (χ1n) is 12.2. The van der Waals surface area contributed by atoms with Crippen LogP contribution in [0.25, 0.3) is 0 Å². The van der Waals surface area contributed by atoms with Crippen molar-refractivity contribution in [3.63, 3.8) is 0 Å². The van der Waals surface area contributed by atoms with Crippen LogP contribution in [0.4, 0.5) is 0 Å². The maximum Gasteiger partial charge on any atom is 0.261 e. The number of ether oxygens (including phenoxy) is 1. The third-order valence-electron chi connectivity index (χ3n) is 6.01. The molecule has 0 unspecified atom stereocenters. The first-order chi connectivity index (χ1) is 15.7. The van der Waals surface area contributed by atoms with E-state index in [-0.39, 0.29) is 23.9 Å². The SMILES string of the molecule is CC[C@@H](Oc1ccc2c(c1)[C@H](c1ccc(C)cc1)N(C(=O)CC(C)C)CC2)C(=O)NC(C)C. The van der Waals surface area contributed by atoms with Gasteiger partial charge in [-0.25, -0.2) is 0 Å². The lowest BCUT2D eigenvalue weighted by Crippen LogP contribution is -2.42. The number of rotatable bonds is 8. The Bertz CT molecular complexity index is 966. The van der Waals surface area contributed by atoms with Gasteiger partial charge in [-0.15, -0.1) is 0 Å². The fourth-order valence-electron chi connectivity index (χ4n) is 4.37. The Morgan fingerprint density at radius 1 is 1.09 bits per heavy atom. The van der Waals surface area contributed by atoms with E-state index in [1.54, 1.807) is 0 Å². The molecular weight excluding hydrogens is 412 g/mol. The quantitative estimate of drug-likeness (QED) is 0.602. The summed E-state index contributed by atoms with van der Waals surface area (Å²) in [6.07, 6.45) is 1.37. The van der Waals surface area contributed by atoms with Crippen LogP contribution in [0.2, 0.25) is 0 Å². The summed E-state index contributed by atoms with van der Waals surface area (Å²) in [7, 11) is 0. The molecule has 1 aliphatic rings. The number of hydrogen-bond donors (Lipinski definition) is 1. The van der Waals surface area contributed by atoms with E-state index in [2.05, 4.69) is 56.4 Å². The summed E-state index contributed by atoms with van der Waals surface area (Å²) in [4.78, 5) is 27.8. The Hall–Kier alpha value is -2.82. The van der Waals surface area contributed by atoms with Gasteiger partial charge in [-0.1, -0.05) is 56.7 Å². The monoisotopic (exact) mass is 450 g/mol. The highest BCUT2D eigenvalue weighted by molar-refractivity contribution is 5.81. The predicted octanol–water partition coefficient (Wildman–Crippen LogP) is 5.20. The molecule has 1 heterocycles. The van der Waals surface area contributed by atoms with Crippen LogP contribution in [0, 0.1) is 12.8 Å². The Morgan fingerprint density at radius 2 is 1.79 bits per heavy atom. The molecule has 0 saturated heterocycles. The van der Waals surface area contributed by atoms with Gasteiger partial charge in [0.1, 0.15) is 5.75 Å². The van der Waals surface area contributed by atoms with Gasteiger partial charge in [0.2, 0.25) is 5.91 Å². The number of fused-ring (bicyclic) bond motifs is 1. The standard InChI is InChI=1S/C28H38N2O3/c1-7-25(28(32)29-19(4)5)33-23-13-12-21-14-15-30(26(31)16-18(2)3)27(24(21)17-23)22-10-8-20(6)9-11-22/h8-13,17-19,25,27H,7,14-16H2,1-6H3,(H,29,32)/t25-,27+/m1/s1. The van der Waals surface area contributed by atoms with Crippen molar-refractivity contribution >= 4 is 11.8 Å². The number of carbonyl (C=O) groups excluding carboxylic acids is 2. The van der Waals surface area contributed by atoms with Crippen LogP contribution in [0.5, 0.6) is 5.75 Å². The average molecular weight is 451 g/mol. The van der Waals surface area contributed by atoms with E-state index in [9.17, 15) is 9.59 Å². The normalized spacial score (nSPS) is 16.5. The summed E-state index contributed by atoms with van der Waals surface area (Å²) >= 11 is 0. The van der Waals surface area contributed by atoms with Crippen molar-refractivity contribution in [1.82, 2.24) is 10.2 Å². The van der Waals surface area contributed by atoms with Gasteiger partial charge in [-0.3, -0.25) is 9.59 Å². The highest BCUT2D eigenvalue weighted by Gasteiger charge is 2.33. The summed E-state index contributed by atoms with van der Waals surface area (Å²) in [5.74, 6) is 1.04. The highest BCUT2D eigenvalue weighted by atomic mass is 16.5. The van der Waals surface area contributed by atoms with Gasteiger partial charge >= 0.3 is 0 Å². The molecule has 5 nitrogen and oxygen atoms in total. The Balaban J connectivity index is 1.98. The van der Waals surface area contributed by atoms with E-state index in [0.717, 1.165) is 17.5 Å². The summed E-state index contributed by atoms with van der Waals surface area (Å²) in [5.41, 5.74) is 4.59. The number of hydrogen-bond acceptors (Lipinski definition) is 3. The molecule has 0 aromatic heterocycles. The highest BCUT2D eigenvalue weighted by Crippen LogP contribution is 2.38. The van der Waals surface area contributed by atoms with Gasteiger partial charge in [-0.05, 0) is 68.4 Å². The smallest absolute Gasteiger partial charge is 0.261 e. The Labute approximate surface area is 198 Å². The fourth-order valence-corrected chi connectivity index (χ4v) is 4.37.